The van der Waals surface area contributed by atoms with E-state index >= 15 is 0 Å². The molecule has 0 aliphatic heterocycles. The number of halogens is 1. The van der Waals surface area contributed by atoms with Crippen molar-refractivity contribution in [1.29, 1.82) is 0 Å². The molecule has 0 aliphatic rings. The normalized spacial score (nSPS) is 11.7. The molecule has 1 heterocycles. The van der Waals surface area contributed by atoms with Crippen molar-refractivity contribution in [2.24, 2.45) is 0 Å². The van der Waals surface area contributed by atoms with Gasteiger partial charge in [0.15, 0.2) is 5.78 Å². The molecule has 0 saturated heterocycles. The zero-order valence-electron chi connectivity index (χ0n) is 17.5. The first-order valence-corrected chi connectivity index (χ1v) is 11.0. The van der Waals surface area contributed by atoms with Gasteiger partial charge in [-0.05, 0) is 35.2 Å². The fourth-order valence-corrected chi connectivity index (χ4v) is 3.90. The smallest absolute Gasteiger partial charge is 0.164 e. The summed E-state index contributed by atoms with van der Waals surface area (Å²) in [6.45, 7) is 7.23. The number of hydrogen-bond donors (Lipinski definition) is 0. The third-order valence-electron chi connectivity index (χ3n) is 5.39. The summed E-state index contributed by atoms with van der Waals surface area (Å²) in [7, 11) is 0. The SMILES string of the molecule is CC(C)(C)c1ccc(-c2nc3ccccc3n2CCC(=O)c2ccc(Br)cc2)cc1. The van der Waals surface area contributed by atoms with E-state index in [1.54, 1.807) is 0 Å². The summed E-state index contributed by atoms with van der Waals surface area (Å²) in [5.74, 6) is 1.04. The summed E-state index contributed by atoms with van der Waals surface area (Å²) in [4.78, 5) is 17.6. The second-order valence-corrected chi connectivity index (χ2v) is 9.50. The second-order valence-electron chi connectivity index (χ2n) is 8.58. The van der Waals surface area contributed by atoms with E-state index in [0.29, 0.717) is 13.0 Å². The van der Waals surface area contributed by atoms with E-state index in [4.69, 9.17) is 4.98 Å². The van der Waals surface area contributed by atoms with Gasteiger partial charge in [0, 0.05) is 28.6 Å². The molecular weight excluding hydrogens is 436 g/mol. The van der Waals surface area contributed by atoms with E-state index in [-0.39, 0.29) is 11.2 Å². The topological polar surface area (TPSA) is 34.9 Å². The van der Waals surface area contributed by atoms with Crippen molar-refractivity contribution < 1.29 is 4.79 Å². The largest absolute Gasteiger partial charge is 0.324 e. The van der Waals surface area contributed by atoms with Crippen LogP contribution in [0.4, 0.5) is 0 Å². The third kappa shape index (κ3) is 4.24. The van der Waals surface area contributed by atoms with Gasteiger partial charge in [-0.1, -0.05) is 85.2 Å². The minimum Gasteiger partial charge on any atom is -0.324 e. The van der Waals surface area contributed by atoms with E-state index in [1.165, 1.54) is 5.56 Å². The summed E-state index contributed by atoms with van der Waals surface area (Å²) in [5, 5.41) is 0. The molecule has 1 aromatic heterocycles. The van der Waals surface area contributed by atoms with Crippen LogP contribution in [-0.4, -0.2) is 15.3 Å². The van der Waals surface area contributed by atoms with Gasteiger partial charge in [0.2, 0.25) is 0 Å². The van der Waals surface area contributed by atoms with Crippen molar-refractivity contribution >= 4 is 32.7 Å². The number of fused-ring (bicyclic) bond motifs is 1. The van der Waals surface area contributed by atoms with Crippen LogP contribution in [0.25, 0.3) is 22.4 Å². The van der Waals surface area contributed by atoms with E-state index in [1.807, 2.05) is 42.5 Å². The lowest BCUT2D eigenvalue weighted by Crippen LogP contribution is -2.11. The fourth-order valence-electron chi connectivity index (χ4n) is 3.63. The monoisotopic (exact) mass is 460 g/mol. The molecule has 0 bridgehead atoms. The predicted octanol–water partition coefficient (Wildman–Crippen LogP) is 7.04. The number of carbonyl (C=O) groups excluding carboxylic acids is 1. The summed E-state index contributed by atoms with van der Waals surface area (Å²) in [6.07, 6.45) is 0.426. The van der Waals surface area contributed by atoms with Gasteiger partial charge in [-0.15, -0.1) is 0 Å². The molecule has 30 heavy (non-hydrogen) atoms. The third-order valence-corrected chi connectivity index (χ3v) is 5.92. The fraction of sp³-hybridized carbons (Fsp3) is 0.231. The summed E-state index contributed by atoms with van der Waals surface area (Å²) in [5.41, 5.74) is 5.20. The highest BCUT2D eigenvalue weighted by atomic mass is 79.9. The van der Waals surface area contributed by atoms with Crippen LogP contribution in [0.5, 0.6) is 0 Å². The second kappa shape index (κ2) is 8.19. The van der Waals surface area contributed by atoms with Crippen LogP contribution in [0.3, 0.4) is 0 Å². The first-order valence-electron chi connectivity index (χ1n) is 10.2. The number of hydrogen-bond acceptors (Lipinski definition) is 2. The van der Waals surface area contributed by atoms with Gasteiger partial charge in [0.25, 0.3) is 0 Å². The number of benzene rings is 3. The number of carbonyl (C=O) groups is 1. The molecular formula is C26H25BrN2O. The minimum atomic E-state index is 0.107. The first kappa shape index (κ1) is 20.5. The first-order chi connectivity index (χ1) is 14.3. The molecule has 4 aromatic rings. The van der Waals surface area contributed by atoms with Gasteiger partial charge >= 0.3 is 0 Å². The van der Waals surface area contributed by atoms with Crippen molar-refractivity contribution in [2.45, 2.75) is 39.2 Å². The van der Waals surface area contributed by atoms with Crippen molar-refractivity contribution in [2.75, 3.05) is 0 Å². The van der Waals surface area contributed by atoms with Crippen LogP contribution in [0.15, 0.2) is 77.3 Å². The molecule has 3 aromatic carbocycles. The summed E-state index contributed by atoms with van der Waals surface area (Å²) in [6, 6.07) is 24.3. The predicted molar refractivity (Wildman–Crippen MR) is 127 cm³/mol. The van der Waals surface area contributed by atoms with Crippen molar-refractivity contribution in [1.82, 2.24) is 9.55 Å². The Kier molecular flexibility index (Phi) is 5.61. The number of aryl methyl sites for hydroxylation is 1. The maximum absolute atomic E-state index is 12.7. The van der Waals surface area contributed by atoms with Gasteiger partial charge in [0.1, 0.15) is 5.82 Å². The molecule has 0 atom stereocenters. The lowest BCUT2D eigenvalue weighted by Gasteiger charge is -2.19. The Morgan fingerprint density at radius 2 is 1.60 bits per heavy atom. The summed E-state index contributed by atoms with van der Waals surface area (Å²) < 4.78 is 3.14. The van der Waals surface area contributed by atoms with Gasteiger partial charge in [-0.3, -0.25) is 4.79 Å². The standard InChI is InChI=1S/C26H25BrN2O/c1-26(2,3)20-12-8-19(9-13-20)25-28-22-6-4-5-7-23(22)29(25)17-16-24(30)18-10-14-21(27)15-11-18/h4-15H,16-17H2,1-3H3. The van der Waals surface area contributed by atoms with Gasteiger partial charge in [-0.25, -0.2) is 4.98 Å². The van der Waals surface area contributed by atoms with Gasteiger partial charge < -0.3 is 4.57 Å². The molecule has 0 amide bonds. The Morgan fingerprint density at radius 1 is 0.933 bits per heavy atom. The average Bonchev–Trinajstić information content (AvgIpc) is 3.10. The highest BCUT2D eigenvalue weighted by Gasteiger charge is 2.17. The highest BCUT2D eigenvalue weighted by Crippen LogP contribution is 2.28. The molecule has 0 N–H and O–H groups in total. The lowest BCUT2D eigenvalue weighted by molar-refractivity contribution is 0.0977. The number of ketones is 1. The molecule has 4 heteroatoms. The lowest BCUT2D eigenvalue weighted by atomic mass is 9.87. The van der Waals surface area contributed by atoms with Crippen molar-refractivity contribution in [3.63, 3.8) is 0 Å². The van der Waals surface area contributed by atoms with Crippen molar-refractivity contribution in [3.05, 3.63) is 88.4 Å². The van der Waals surface area contributed by atoms with Gasteiger partial charge in [0.05, 0.1) is 11.0 Å². The molecule has 3 nitrogen and oxygen atoms in total. The van der Waals surface area contributed by atoms with Crippen LogP contribution >= 0.6 is 15.9 Å². The van der Waals surface area contributed by atoms with Crippen LogP contribution in [0.2, 0.25) is 0 Å². The number of nitrogens with zero attached hydrogens (tertiary/aromatic N) is 2. The van der Waals surface area contributed by atoms with Crippen LogP contribution in [-0.2, 0) is 12.0 Å². The zero-order valence-corrected chi connectivity index (χ0v) is 19.1. The van der Waals surface area contributed by atoms with E-state index in [2.05, 4.69) is 71.6 Å². The number of para-hydroxylation sites is 2. The average molecular weight is 461 g/mol. The molecule has 0 radical (unpaired) electrons. The van der Waals surface area contributed by atoms with E-state index < -0.39 is 0 Å². The molecule has 0 saturated carbocycles. The minimum absolute atomic E-state index is 0.107. The summed E-state index contributed by atoms with van der Waals surface area (Å²) >= 11 is 3.42. The van der Waals surface area contributed by atoms with Crippen molar-refractivity contribution in [3.8, 4) is 11.4 Å². The number of rotatable bonds is 5. The maximum Gasteiger partial charge on any atom is 0.164 e. The Hall–Kier alpha value is -2.72. The molecule has 0 unspecified atom stereocenters. The molecule has 4 rings (SSSR count). The van der Waals surface area contributed by atoms with Crippen LogP contribution < -0.4 is 0 Å². The Labute approximate surface area is 185 Å². The van der Waals surface area contributed by atoms with E-state index in [9.17, 15) is 4.79 Å². The Morgan fingerprint density at radius 3 is 2.27 bits per heavy atom. The number of Topliss-reactive ketones (excluding diaryl/α,β-unsaturated/α-hetero) is 1. The van der Waals surface area contributed by atoms with Crippen LogP contribution in [0.1, 0.15) is 43.1 Å². The van der Waals surface area contributed by atoms with Gasteiger partial charge in [-0.2, -0.15) is 0 Å². The number of aromatic nitrogens is 2. The highest BCUT2D eigenvalue weighted by molar-refractivity contribution is 9.10. The quantitative estimate of drug-likeness (QED) is 0.299. The zero-order chi connectivity index (χ0) is 21.3. The molecule has 0 aliphatic carbocycles. The molecule has 0 spiro atoms. The maximum atomic E-state index is 12.7. The Balaban J connectivity index is 1.67. The molecule has 152 valence electrons. The molecule has 0 fully saturated rings. The Bertz CT molecular complexity index is 1180. The number of imidazole rings is 1. The van der Waals surface area contributed by atoms with Crippen LogP contribution in [0, 0.1) is 0 Å². The van der Waals surface area contributed by atoms with E-state index in [0.717, 1.165) is 32.5 Å².